The number of amides is 1. The van der Waals surface area contributed by atoms with Crippen molar-refractivity contribution in [1.29, 1.82) is 0 Å². The number of ether oxygens (including phenoxy) is 2. The maximum atomic E-state index is 12.0. The Balaban J connectivity index is 1.51. The van der Waals surface area contributed by atoms with Crippen molar-refractivity contribution in [3.05, 3.63) is 101 Å². The van der Waals surface area contributed by atoms with E-state index in [-0.39, 0.29) is 18.6 Å². The monoisotopic (exact) mass is 576 g/mol. The third-order valence-electron chi connectivity index (χ3n) is 6.39. The summed E-state index contributed by atoms with van der Waals surface area (Å²) in [6.45, 7) is -0.0850. The molecule has 0 saturated carbocycles. The smallest absolute Gasteiger partial charge is 0.337 e. The van der Waals surface area contributed by atoms with E-state index in [1.807, 2.05) is 41.3 Å². The van der Waals surface area contributed by atoms with E-state index in [1.165, 1.54) is 14.2 Å². The Morgan fingerprint density at radius 1 is 1.10 bits per heavy atom. The summed E-state index contributed by atoms with van der Waals surface area (Å²) < 4.78 is 16.0. The lowest BCUT2D eigenvalue weighted by Crippen LogP contribution is -2.29. The molecule has 1 fully saturated rings. The molecule has 1 amide bonds. The fourth-order valence-electron chi connectivity index (χ4n) is 4.55. The van der Waals surface area contributed by atoms with Gasteiger partial charge in [-0.15, -0.1) is 0 Å². The van der Waals surface area contributed by atoms with Crippen LogP contribution in [0.1, 0.15) is 33.9 Å². The van der Waals surface area contributed by atoms with Crippen molar-refractivity contribution in [3.63, 3.8) is 0 Å². The molecule has 2 atom stereocenters. The standard InChI is InChI=1S/C29H25ClN4O5S/c1-37-16-25(35)32-21-11-10-19(15-20(21)30)34-27(26(33-29(34)40)22-5-3-4-14-31-22)24-13-12-23(39-24)17-6-8-18(9-7-17)28(36)38-2/h3-15,26-27H,16H2,1-2H3,(H,32,35)(H,33,40)/t26-,27+/m0/s1. The number of hydrogen-bond donors (Lipinski definition) is 2. The van der Waals surface area contributed by atoms with Gasteiger partial charge >= 0.3 is 5.97 Å². The maximum Gasteiger partial charge on any atom is 0.337 e. The lowest BCUT2D eigenvalue weighted by Gasteiger charge is -2.26. The van der Waals surface area contributed by atoms with Crippen molar-refractivity contribution < 1.29 is 23.5 Å². The van der Waals surface area contributed by atoms with Crippen LogP contribution in [0.3, 0.4) is 0 Å². The minimum absolute atomic E-state index is 0.0850. The SMILES string of the molecule is COCC(=O)Nc1ccc(N2C(=S)N[C@@H](c3ccccn3)[C@H]2c2ccc(-c3ccc(C(=O)OC)cc3)o2)cc1Cl. The number of nitrogens with one attached hydrogen (secondary N) is 2. The van der Waals surface area contributed by atoms with E-state index in [9.17, 15) is 9.59 Å². The van der Waals surface area contributed by atoms with E-state index in [1.54, 1.807) is 42.6 Å². The Morgan fingerprint density at radius 3 is 2.58 bits per heavy atom. The molecule has 0 spiro atoms. The highest BCUT2D eigenvalue weighted by molar-refractivity contribution is 7.80. The maximum absolute atomic E-state index is 12.0. The molecule has 0 aliphatic carbocycles. The van der Waals surface area contributed by atoms with Crippen molar-refractivity contribution in [3.8, 4) is 11.3 Å². The molecule has 1 saturated heterocycles. The van der Waals surface area contributed by atoms with Crippen molar-refractivity contribution in [1.82, 2.24) is 10.3 Å². The van der Waals surface area contributed by atoms with E-state index in [2.05, 4.69) is 15.6 Å². The van der Waals surface area contributed by atoms with Gasteiger partial charge in [-0.2, -0.15) is 0 Å². The number of hydrogen-bond acceptors (Lipinski definition) is 7. The summed E-state index contributed by atoms with van der Waals surface area (Å²) in [7, 11) is 2.79. The Kier molecular flexibility index (Phi) is 8.11. The second-order valence-corrected chi connectivity index (χ2v) is 9.71. The Bertz CT molecular complexity index is 1540. The third kappa shape index (κ3) is 5.55. The normalized spacial score (nSPS) is 16.5. The van der Waals surface area contributed by atoms with Crippen LogP contribution in [0.2, 0.25) is 5.02 Å². The average molecular weight is 577 g/mol. The number of anilines is 2. The van der Waals surface area contributed by atoms with Crippen LogP contribution in [-0.2, 0) is 14.3 Å². The highest BCUT2D eigenvalue weighted by Crippen LogP contribution is 2.44. The number of benzene rings is 2. The first-order valence-electron chi connectivity index (χ1n) is 12.3. The van der Waals surface area contributed by atoms with Gasteiger partial charge in [-0.3, -0.25) is 9.78 Å². The minimum atomic E-state index is -0.408. The molecular weight excluding hydrogens is 552 g/mol. The number of carbonyl (C=O) groups excluding carboxylic acids is 2. The molecule has 204 valence electrons. The second kappa shape index (κ2) is 11.9. The van der Waals surface area contributed by atoms with Gasteiger partial charge in [0.1, 0.15) is 24.2 Å². The molecule has 0 unspecified atom stereocenters. The van der Waals surface area contributed by atoms with Crippen LogP contribution in [0.15, 0.2) is 83.4 Å². The van der Waals surface area contributed by atoms with E-state index < -0.39 is 12.0 Å². The summed E-state index contributed by atoms with van der Waals surface area (Å²) in [5.41, 5.74) is 3.19. The summed E-state index contributed by atoms with van der Waals surface area (Å²) in [6, 6.07) is 21.0. The molecule has 3 heterocycles. The molecule has 0 radical (unpaired) electrons. The zero-order chi connectivity index (χ0) is 28.2. The molecule has 40 heavy (non-hydrogen) atoms. The number of pyridine rings is 1. The zero-order valence-corrected chi connectivity index (χ0v) is 23.2. The molecule has 0 bridgehead atoms. The minimum Gasteiger partial charge on any atom is -0.465 e. The largest absolute Gasteiger partial charge is 0.465 e. The molecule has 4 aromatic rings. The molecule has 5 rings (SSSR count). The first kappa shape index (κ1) is 27.3. The van der Waals surface area contributed by atoms with Crippen LogP contribution in [0, 0.1) is 0 Å². The number of aromatic nitrogens is 1. The molecular formula is C29H25ClN4O5S. The lowest BCUT2D eigenvalue weighted by molar-refractivity contribution is -0.119. The van der Waals surface area contributed by atoms with Gasteiger partial charge in [-0.1, -0.05) is 29.8 Å². The summed E-state index contributed by atoms with van der Waals surface area (Å²) in [5, 5.41) is 6.92. The van der Waals surface area contributed by atoms with E-state index in [4.69, 9.17) is 37.7 Å². The topological polar surface area (TPSA) is 106 Å². The number of carbonyl (C=O) groups is 2. The van der Waals surface area contributed by atoms with Crippen molar-refractivity contribution in [2.45, 2.75) is 12.1 Å². The average Bonchev–Trinajstić information content (AvgIpc) is 3.59. The third-order valence-corrected chi connectivity index (χ3v) is 7.01. The second-order valence-electron chi connectivity index (χ2n) is 8.91. The van der Waals surface area contributed by atoms with Crippen LogP contribution < -0.4 is 15.5 Å². The summed E-state index contributed by atoms with van der Waals surface area (Å²) in [5.74, 6) is 0.544. The van der Waals surface area contributed by atoms with Crippen molar-refractivity contribution in [2.24, 2.45) is 0 Å². The molecule has 2 aromatic heterocycles. The van der Waals surface area contributed by atoms with Crippen molar-refractivity contribution in [2.75, 3.05) is 31.0 Å². The van der Waals surface area contributed by atoms with Gasteiger partial charge in [-0.05, 0) is 66.8 Å². The number of rotatable bonds is 8. The summed E-state index contributed by atoms with van der Waals surface area (Å²) >= 11 is 12.3. The number of nitrogens with zero attached hydrogens (tertiary/aromatic N) is 2. The van der Waals surface area contributed by atoms with Crippen LogP contribution in [0.5, 0.6) is 0 Å². The van der Waals surface area contributed by atoms with Crippen LogP contribution in [0.4, 0.5) is 11.4 Å². The van der Waals surface area contributed by atoms with Gasteiger partial charge in [0.2, 0.25) is 5.91 Å². The summed E-state index contributed by atoms with van der Waals surface area (Å²) in [4.78, 5) is 30.3. The van der Waals surface area contributed by atoms with Gasteiger partial charge in [0.25, 0.3) is 0 Å². The Hall–Kier alpha value is -4.25. The lowest BCUT2D eigenvalue weighted by atomic mass is 10.0. The highest BCUT2D eigenvalue weighted by atomic mass is 35.5. The Labute approximate surface area is 241 Å². The molecule has 11 heteroatoms. The number of furan rings is 1. The van der Waals surface area contributed by atoms with Crippen molar-refractivity contribution >= 4 is 52.2 Å². The van der Waals surface area contributed by atoms with E-state index >= 15 is 0 Å². The number of thiocarbonyl (C=S) groups is 1. The number of methoxy groups -OCH3 is 2. The van der Waals surface area contributed by atoms with Gasteiger partial charge < -0.3 is 29.4 Å². The zero-order valence-electron chi connectivity index (χ0n) is 21.6. The van der Waals surface area contributed by atoms with Gasteiger partial charge in [0.05, 0.1) is 35.1 Å². The Morgan fingerprint density at radius 2 is 1.90 bits per heavy atom. The predicted molar refractivity (Wildman–Crippen MR) is 155 cm³/mol. The fraction of sp³-hybridized carbons (Fsp3) is 0.172. The molecule has 2 aromatic carbocycles. The van der Waals surface area contributed by atoms with Gasteiger partial charge in [0, 0.05) is 24.6 Å². The predicted octanol–water partition coefficient (Wildman–Crippen LogP) is 5.54. The van der Waals surface area contributed by atoms with E-state index in [0.29, 0.717) is 38.6 Å². The van der Waals surface area contributed by atoms with Gasteiger partial charge in [0.15, 0.2) is 5.11 Å². The molecule has 9 nitrogen and oxygen atoms in total. The summed E-state index contributed by atoms with van der Waals surface area (Å²) in [6.07, 6.45) is 1.73. The number of halogens is 1. The van der Waals surface area contributed by atoms with Crippen LogP contribution >= 0.6 is 23.8 Å². The number of esters is 1. The molecule has 1 aliphatic heterocycles. The molecule has 2 N–H and O–H groups in total. The van der Waals surface area contributed by atoms with Crippen LogP contribution in [-0.4, -0.2) is 42.8 Å². The van der Waals surface area contributed by atoms with Crippen LogP contribution in [0.25, 0.3) is 11.3 Å². The van der Waals surface area contributed by atoms with E-state index in [0.717, 1.165) is 11.3 Å². The highest BCUT2D eigenvalue weighted by Gasteiger charge is 2.42. The fourth-order valence-corrected chi connectivity index (χ4v) is 5.12. The first-order chi connectivity index (χ1) is 19.4. The first-order valence-corrected chi connectivity index (χ1v) is 13.1. The quantitative estimate of drug-likeness (QED) is 0.206. The van der Waals surface area contributed by atoms with Gasteiger partial charge in [-0.25, -0.2) is 4.79 Å². The molecule has 1 aliphatic rings.